The number of nitrogens with zero attached hydrogens (tertiary/aromatic N) is 2. The quantitative estimate of drug-likeness (QED) is 0.678. The third-order valence-corrected chi connectivity index (χ3v) is 7.19. The number of ether oxygens (including phenoxy) is 1. The summed E-state index contributed by atoms with van der Waals surface area (Å²) in [7, 11) is 0. The molecule has 2 N–H and O–H groups in total. The molecular formula is C22H34N4O5. The minimum absolute atomic E-state index is 0.112. The van der Waals surface area contributed by atoms with E-state index < -0.39 is 36.6 Å². The molecule has 6 bridgehead atoms. The lowest BCUT2D eigenvalue weighted by atomic mass is 9.96. The first-order valence-corrected chi connectivity index (χ1v) is 11.6. The maximum Gasteiger partial charge on any atom is 0.248 e. The summed E-state index contributed by atoms with van der Waals surface area (Å²) in [5.41, 5.74) is 0. The van der Waals surface area contributed by atoms with E-state index in [9.17, 15) is 19.2 Å². The summed E-state index contributed by atoms with van der Waals surface area (Å²) in [6, 6.07) is -2.90. The summed E-state index contributed by atoms with van der Waals surface area (Å²) in [6.07, 6.45) is 2.01. The Hall–Kier alpha value is -2.16. The van der Waals surface area contributed by atoms with E-state index in [1.54, 1.807) is 0 Å². The van der Waals surface area contributed by atoms with Crippen molar-refractivity contribution in [1.82, 2.24) is 20.4 Å². The summed E-state index contributed by atoms with van der Waals surface area (Å²) in [4.78, 5) is 56.8. The molecule has 4 heterocycles. The minimum Gasteiger partial charge on any atom is -0.342 e. The van der Waals surface area contributed by atoms with Crippen molar-refractivity contribution in [3.8, 4) is 0 Å². The van der Waals surface area contributed by atoms with Crippen molar-refractivity contribution in [2.24, 2.45) is 11.8 Å². The summed E-state index contributed by atoms with van der Waals surface area (Å²) in [6.45, 7) is 7.86. The van der Waals surface area contributed by atoms with Crippen LogP contribution in [0.3, 0.4) is 0 Å². The molecule has 31 heavy (non-hydrogen) atoms. The van der Waals surface area contributed by atoms with Gasteiger partial charge in [-0.15, -0.1) is 0 Å². The van der Waals surface area contributed by atoms with Crippen molar-refractivity contribution in [2.45, 2.75) is 103 Å². The van der Waals surface area contributed by atoms with Gasteiger partial charge >= 0.3 is 0 Å². The van der Waals surface area contributed by atoms with Gasteiger partial charge in [0, 0.05) is 0 Å². The zero-order chi connectivity index (χ0) is 22.4. The number of hydrogen-bond acceptors (Lipinski definition) is 5. The lowest BCUT2D eigenvalue weighted by Gasteiger charge is -2.42. The van der Waals surface area contributed by atoms with Crippen LogP contribution in [0.2, 0.25) is 0 Å². The van der Waals surface area contributed by atoms with Gasteiger partial charge in [0.2, 0.25) is 23.6 Å². The van der Waals surface area contributed by atoms with Crippen LogP contribution in [0.1, 0.15) is 66.2 Å². The standard InChI is InChI=1S/C22H34N4O5/c1-5-12(4)18-22(30)26-14-6-9-17(26)31-16-8-7-15(20(28)24-18)25(16)21(29)13(10-11(2)3)23-19(14)27/h11-18H,5-10H2,1-4H3,(H,23,27)(H,24,28). The molecule has 9 nitrogen and oxygen atoms in total. The molecule has 0 aromatic heterocycles. The van der Waals surface area contributed by atoms with Gasteiger partial charge in [-0.3, -0.25) is 19.2 Å². The van der Waals surface area contributed by atoms with Crippen LogP contribution in [-0.4, -0.2) is 70.1 Å². The fraction of sp³-hybridized carbons (Fsp3) is 0.818. The number of carbonyl (C=O) groups is 4. The molecule has 4 aliphatic heterocycles. The van der Waals surface area contributed by atoms with Crippen LogP contribution in [0, 0.1) is 11.8 Å². The minimum atomic E-state index is -0.753. The molecular weight excluding hydrogens is 400 g/mol. The van der Waals surface area contributed by atoms with Crippen molar-refractivity contribution >= 4 is 23.6 Å². The highest BCUT2D eigenvalue weighted by atomic mass is 16.5. The third kappa shape index (κ3) is 3.81. The number of nitrogens with one attached hydrogen (secondary N) is 2. The van der Waals surface area contributed by atoms with Gasteiger partial charge < -0.3 is 25.2 Å². The van der Waals surface area contributed by atoms with E-state index in [2.05, 4.69) is 10.6 Å². The van der Waals surface area contributed by atoms with Gasteiger partial charge in [0.05, 0.1) is 0 Å². The van der Waals surface area contributed by atoms with Gasteiger partial charge in [-0.05, 0) is 43.9 Å². The predicted octanol–water partition coefficient (Wildman–Crippen LogP) is 0.726. The smallest absolute Gasteiger partial charge is 0.248 e. The summed E-state index contributed by atoms with van der Waals surface area (Å²) >= 11 is 0. The van der Waals surface area contributed by atoms with Crippen LogP contribution in [0.25, 0.3) is 0 Å². The zero-order valence-electron chi connectivity index (χ0n) is 18.8. The first kappa shape index (κ1) is 22.0. The predicted molar refractivity (Wildman–Crippen MR) is 111 cm³/mol. The highest BCUT2D eigenvalue weighted by molar-refractivity contribution is 5.98. The van der Waals surface area contributed by atoms with Crippen molar-refractivity contribution in [3.05, 3.63) is 0 Å². The van der Waals surface area contributed by atoms with Crippen LogP contribution in [-0.2, 0) is 23.9 Å². The van der Waals surface area contributed by atoms with E-state index >= 15 is 0 Å². The maximum atomic E-state index is 13.6. The van der Waals surface area contributed by atoms with Crippen molar-refractivity contribution < 1.29 is 23.9 Å². The molecule has 4 amide bonds. The fourth-order valence-electron chi connectivity index (χ4n) is 5.35. The van der Waals surface area contributed by atoms with E-state index in [-0.39, 0.29) is 35.5 Å². The lowest BCUT2D eigenvalue weighted by Crippen LogP contribution is -2.66. The highest BCUT2D eigenvalue weighted by Gasteiger charge is 2.53. The Morgan fingerprint density at radius 1 is 0.871 bits per heavy atom. The highest BCUT2D eigenvalue weighted by Crippen LogP contribution is 2.36. The summed E-state index contributed by atoms with van der Waals surface area (Å²) < 4.78 is 6.31. The Labute approximate surface area is 183 Å². The molecule has 7 atom stereocenters. The molecule has 172 valence electrons. The van der Waals surface area contributed by atoms with Crippen LogP contribution < -0.4 is 10.6 Å². The van der Waals surface area contributed by atoms with Crippen molar-refractivity contribution in [1.29, 1.82) is 0 Å². The number of amides is 4. The van der Waals surface area contributed by atoms with E-state index in [4.69, 9.17) is 4.74 Å². The molecule has 0 aromatic rings. The van der Waals surface area contributed by atoms with Crippen LogP contribution in [0.15, 0.2) is 0 Å². The van der Waals surface area contributed by atoms with Gasteiger partial charge in [-0.25, -0.2) is 0 Å². The Morgan fingerprint density at radius 3 is 1.97 bits per heavy atom. The average molecular weight is 435 g/mol. The lowest BCUT2D eigenvalue weighted by molar-refractivity contribution is -0.183. The number of rotatable bonds is 4. The molecule has 0 saturated carbocycles. The zero-order valence-corrected chi connectivity index (χ0v) is 18.8. The Bertz CT molecular complexity index is 771. The van der Waals surface area contributed by atoms with E-state index in [0.29, 0.717) is 38.5 Å². The molecule has 0 aliphatic carbocycles. The molecule has 4 aliphatic rings. The number of hydrogen-bond donors (Lipinski definition) is 2. The molecule has 4 rings (SSSR count). The van der Waals surface area contributed by atoms with Crippen molar-refractivity contribution in [3.63, 3.8) is 0 Å². The van der Waals surface area contributed by atoms with Gasteiger partial charge in [0.25, 0.3) is 0 Å². The summed E-state index contributed by atoms with van der Waals surface area (Å²) in [5, 5.41) is 5.86. The van der Waals surface area contributed by atoms with Crippen LogP contribution in [0.4, 0.5) is 0 Å². The summed E-state index contributed by atoms with van der Waals surface area (Å²) in [5.74, 6) is -1.12. The largest absolute Gasteiger partial charge is 0.342 e. The molecule has 4 saturated heterocycles. The van der Waals surface area contributed by atoms with Gasteiger partial charge in [0.1, 0.15) is 36.6 Å². The van der Waals surface area contributed by atoms with Crippen LogP contribution in [0.5, 0.6) is 0 Å². The van der Waals surface area contributed by atoms with Gasteiger partial charge in [0.15, 0.2) is 0 Å². The van der Waals surface area contributed by atoms with E-state index in [0.717, 1.165) is 0 Å². The molecule has 4 fully saturated rings. The van der Waals surface area contributed by atoms with Gasteiger partial charge in [-0.1, -0.05) is 34.1 Å². The second kappa shape index (κ2) is 8.41. The monoisotopic (exact) mass is 434 g/mol. The molecule has 7 unspecified atom stereocenters. The second-order valence-corrected chi connectivity index (χ2v) is 9.79. The molecule has 0 aromatic carbocycles. The molecule has 0 radical (unpaired) electrons. The fourth-order valence-corrected chi connectivity index (χ4v) is 5.35. The van der Waals surface area contributed by atoms with E-state index in [1.165, 1.54) is 9.80 Å². The second-order valence-electron chi connectivity index (χ2n) is 9.79. The average Bonchev–Trinajstić information content (AvgIpc) is 3.32. The molecule has 0 spiro atoms. The third-order valence-electron chi connectivity index (χ3n) is 7.19. The molecule has 9 heteroatoms. The topological polar surface area (TPSA) is 108 Å². The Morgan fingerprint density at radius 2 is 1.42 bits per heavy atom. The van der Waals surface area contributed by atoms with Crippen LogP contribution >= 0.6 is 0 Å². The van der Waals surface area contributed by atoms with Gasteiger partial charge in [-0.2, -0.15) is 0 Å². The van der Waals surface area contributed by atoms with Crippen molar-refractivity contribution in [2.75, 3.05) is 0 Å². The number of carbonyl (C=O) groups excluding carboxylic acids is 4. The maximum absolute atomic E-state index is 13.6. The Balaban J connectivity index is 1.82. The van der Waals surface area contributed by atoms with E-state index in [1.807, 2.05) is 27.7 Å². The SMILES string of the molecule is CCC(C)C1NC(=O)C2CCC3OC4CCC(C(=O)NC(CC(C)C)C(=O)N32)N4C1=O. The first-order valence-electron chi connectivity index (χ1n) is 11.6. The normalized spacial score (nSPS) is 36.8. The first-order chi connectivity index (χ1) is 14.7. The Kier molecular flexibility index (Phi) is 5.98.